The number of carbonyl (C=O) groups is 1. The summed E-state index contributed by atoms with van der Waals surface area (Å²) in [6, 6.07) is 4.21. The van der Waals surface area contributed by atoms with Crippen LogP contribution >= 0.6 is 23.2 Å². The van der Waals surface area contributed by atoms with E-state index in [4.69, 9.17) is 23.2 Å². The molecule has 0 aromatic heterocycles. The van der Waals surface area contributed by atoms with Gasteiger partial charge in [0, 0.05) is 19.2 Å². The number of hydrogen-bond donors (Lipinski definition) is 0. The van der Waals surface area contributed by atoms with E-state index in [0.29, 0.717) is 13.1 Å². The zero-order valence-corrected chi connectivity index (χ0v) is 11.5. The highest BCUT2D eigenvalue weighted by Crippen LogP contribution is 2.29. The highest BCUT2D eigenvalue weighted by molar-refractivity contribution is 6.34. The Kier molecular flexibility index (Phi) is 4.27. The van der Waals surface area contributed by atoms with Crippen molar-refractivity contribution in [1.29, 1.82) is 0 Å². The van der Waals surface area contributed by atoms with E-state index in [0.717, 1.165) is 12.8 Å². The molecule has 0 saturated carbocycles. The molecule has 1 aliphatic heterocycles. The predicted octanol–water partition coefficient (Wildman–Crippen LogP) is 3.09. The molecule has 0 bridgehead atoms. The lowest BCUT2D eigenvalue weighted by Crippen LogP contribution is -2.40. The van der Waals surface area contributed by atoms with Crippen molar-refractivity contribution in [2.75, 3.05) is 13.1 Å². The number of nitro benzene ring substituents is 1. The smallest absolute Gasteiger partial charge is 0.283 e. The van der Waals surface area contributed by atoms with Crippen LogP contribution in [0.15, 0.2) is 18.2 Å². The highest BCUT2D eigenvalue weighted by atomic mass is 35.5. The number of nitro groups is 1. The fraction of sp³-hybridized carbons (Fsp3) is 0.417. The van der Waals surface area contributed by atoms with Gasteiger partial charge in [-0.1, -0.05) is 17.7 Å². The SMILES string of the molecule is O=C(c1c(Cl)cccc1[N+](=O)[O-])N1CCCC(Cl)C1. The van der Waals surface area contributed by atoms with Gasteiger partial charge < -0.3 is 4.90 Å². The molecule has 1 heterocycles. The van der Waals surface area contributed by atoms with E-state index in [1.165, 1.54) is 23.1 Å². The number of rotatable bonds is 2. The van der Waals surface area contributed by atoms with E-state index in [9.17, 15) is 14.9 Å². The first-order valence-electron chi connectivity index (χ1n) is 5.87. The second kappa shape index (κ2) is 5.75. The zero-order chi connectivity index (χ0) is 14.0. The second-order valence-corrected chi connectivity index (χ2v) is 5.41. The number of likely N-dealkylation sites (tertiary alicyclic amines) is 1. The van der Waals surface area contributed by atoms with Crippen molar-refractivity contribution in [2.24, 2.45) is 0 Å². The van der Waals surface area contributed by atoms with Crippen molar-refractivity contribution in [3.8, 4) is 0 Å². The maximum atomic E-state index is 12.4. The van der Waals surface area contributed by atoms with Crippen LogP contribution < -0.4 is 0 Å². The standard InChI is InChI=1S/C12H12Cl2N2O3/c13-8-3-2-6-15(7-8)12(17)11-9(14)4-1-5-10(11)16(18)19/h1,4-5,8H,2-3,6-7H2. The molecule has 1 aliphatic rings. The van der Waals surface area contributed by atoms with Crippen LogP contribution in [0.2, 0.25) is 5.02 Å². The second-order valence-electron chi connectivity index (χ2n) is 4.38. The Morgan fingerprint density at radius 3 is 2.84 bits per heavy atom. The Hall–Kier alpha value is -1.33. The van der Waals surface area contributed by atoms with Gasteiger partial charge in [-0.05, 0) is 18.9 Å². The van der Waals surface area contributed by atoms with Gasteiger partial charge in [0.2, 0.25) is 0 Å². The third kappa shape index (κ3) is 2.98. The minimum Gasteiger partial charge on any atom is -0.337 e. The summed E-state index contributed by atoms with van der Waals surface area (Å²) in [7, 11) is 0. The summed E-state index contributed by atoms with van der Waals surface area (Å²) in [5, 5.41) is 11.0. The van der Waals surface area contributed by atoms with Crippen molar-refractivity contribution in [3.05, 3.63) is 38.9 Å². The Morgan fingerprint density at radius 2 is 2.21 bits per heavy atom. The molecule has 1 aromatic carbocycles. The van der Waals surface area contributed by atoms with Crippen molar-refractivity contribution >= 4 is 34.8 Å². The molecule has 1 fully saturated rings. The van der Waals surface area contributed by atoms with Crippen LogP contribution in [-0.4, -0.2) is 34.2 Å². The molecule has 1 amide bonds. The maximum absolute atomic E-state index is 12.4. The number of amides is 1. The maximum Gasteiger partial charge on any atom is 0.283 e. The summed E-state index contributed by atoms with van der Waals surface area (Å²) in [4.78, 5) is 24.3. The molecular weight excluding hydrogens is 291 g/mol. The van der Waals surface area contributed by atoms with E-state index in [2.05, 4.69) is 0 Å². The molecule has 7 heteroatoms. The Balaban J connectivity index is 2.35. The van der Waals surface area contributed by atoms with Gasteiger partial charge in [-0.15, -0.1) is 11.6 Å². The lowest BCUT2D eigenvalue weighted by Gasteiger charge is -2.29. The highest BCUT2D eigenvalue weighted by Gasteiger charge is 2.30. The summed E-state index contributed by atoms with van der Waals surface area (Å²) in [6.45, 7) is 0.938. The topological polar surface area (TPSA) is 63.4 Å². The van der Waals surface area contributed by atoms with Crippen molar-refractivity contribution in [2.45, 2.75) is 18.2 Å². The first-order chi connectivity index (χ1) is 9.00. The molecule has 0 radical (unpaired) electrons. The largest absolute Gasteiger partial charge is 0.337 e. The number of alkyl halides is 1. The van der Waals surface area contributed by atoms with Gasteiger partial charge in [-0.2, -0.15) is 0 Å². The summed E-state index contributed by atoms with van der Waals surface area (Å²) >= 11 is 12.0. The lowest BCUT2D eigenvalue weighted by atomic mass is 10.1. The number of piperidine rings is 1. The van der Waals surface area contributed by atoms with Gasteiger partial charge >= 0.3 is 0 Å². The average molecular weight is 303 g/mol. The minimum atomic E-state index is -0.596. The summed E-state index contributed by atoms with van der Waals surface area (Å²) in [6.07, 6.45) is 1.63. The third-order valence-electron chi connectivity index (χ3n) is 3.05. The molecule has 5 nitrogen and oxygen atoms in total. The molecule has 19 heavy (non-hydrogen) atoms. The fourth-order valence-corrected chi connectivity index (χ4v) is 2.72. The molecule has 0 spiro atoms. The first-order valence-corrected chi connectivity index (χ1v) is 6.68. The van der Waals surface area contributed by atoms with E-state index < -0.39 is 10.8 Å². The number of nitrogens with zero attached hydrogens (tertiary/aromatic N) is 2. The average Bonchev–Trinajstić information content (AvgIpc) is 2.37. The van der Waals surface area contributed by atoms with E-state index in [1.54, 1.807) is 0 Å². The van der Waals surface area contributed by atoms with Gasteiger partial charge in [0.25, 0.3) is 11.6 Å². The molecule has 1 unspecified atom stereocenters. The van der Waals surface area contributed by atoms with Crippen molar-refractivity contribution < 1.29 is 9.72 Å². The monoisotopic (exact) mass is 302 g/mol. The number of hydrogen-bond acceptors (Lipinski definition) is 3. The quantitative estimate of drug-likeness (QED) is 0.479. The summed E-state index contributed by atoms with van der Waals surface area (Å²) in [5.74, 6) is -0.428. The molecule has 1 atom stereocenters. The normalized spacial score (nSPS) is 19.3. The van der Waals surface area contributed by atoms with Crippen LogP contribution in [0.3, 0.4) is 0 Å². The van der Waals surface area contributed by atoms with Crippen LogP contribution in [0, 0.1) is 10.1 Å². The molecule has 0 aliphatic carbocycles. The van der Waals surface area contributed by atoms with Crippen LogP contribution in [0.5, 0.6) is 0 Å². The van der Waals surface area contributed by atoms with Crippen molar-refractivity contribution in [1.82, 2.24) is 4.90 Å². The van der Waals surface area contributed by atoms with E-state index >= 15 is 0 Å². The molecular formula is C12H12Cl2N2O3. The number of carbonyl (C=O) groups excluding carboxylic acids is 1. The fourth-order valence-electron chi connectivity index (χ4n) is 2.14. The number of halogens is 2. The van der Waals surface area contributed by atoms with E-state index in [-0.39, 0.29) is 21.7 Å². The molecule has 1 aromatic rings. The summed E-state index contributed by atoms with van der Waals surface area (Å²) < 4.78 is 0. The number of benzene rings is 1. The van der Waals surface area contributed by atoms with Crippen molar-refractivity contribution in [3.63, 3.8) is 0 Å². The Morgan fingerprint density at radius 1 is 1.47 bits per heavy atom. The first kappa shape index (κ1) is 14.1. The summed E-state index contributed by atoms with van der Waals surface area (Å²) in [5.41, 5.74) is -0.325. The minimum absolute atomic E-state index is 0.0556. The van der Waals surface area contributed by atoms with Gasteiger partial charge in [0.1, 0.15) is 5.56 Å². The molecule has 0 N–H and O–H groups in total. The Labute approximate surface area is 120 Å². The van der Waals surface area contributed by atoms with Crippen LogP contribution in [0.1, 0.15) is 23.2 Å². The molecule has 2 rings (SSSR count). The van der Waals surface area contributed by atoms with Gasteiger partial charge in [-0.3, -0.25) is 14.9 Å². The van der Waals surface area contributed by atoms with Gasteiger partial charge in [-0.25, -0.2) is 0 Å². The van der Waals surface area contributed by atoms with E-state index in [1.807, 2.05) is 0 Å². The third-order valence-corrected chi connectivity index (χ3v) is 3.72. The van der Waals surface area contributed by atoms with Crippen LogP contribution in [0.4, 0.5) is 5.69 Å². The lowest BCUT2D eigenvalue weighted by molar-refractivity contribution is -0.385. The zero-order valence-electron chi connectivity index (χ0n) is 10.0. The van der Waals surface area contributed by atoms with Crippen LogP contribution in [-0.2, 0) is 0 Å². The van der Waals surface area contributed by atoms with Crippen LogP contribution in [0.25, 0.3) is 0 Å². The molecule has 102 valence electrons. The van der Waals surface area contributed by atoms with Gasteiger partial charge in [0.05, 0.1) is 15.3 Å². The molecule has 1 saturated heterocycles. The Bertz CT molecular complexity index is 522. The predicted molar refractivity (Wildman–Crippen MR) is 72.9 cm³/mol. The van der Waals surface area contributed by atoms with Gasteiger partial charge in [0.15, 0.2) is 0 Å².